The summed E-state index contributed by atoms with van der Waals surface area (Å²) in [7, 11) is 0. The number of benzene rings is 1. The largest absolute Gasteiger partial charge is 0.445 e. The van der Waals surface area contributed by atoms with E-state index in [0.717, 1.165) is 5.56 Å². The Morgan fingerprint density at radius 3 is 2.59 bits per heavy atom. The van der Waals surface area contributed by atoms with Gasteiger partial charge in [-0.1, -0.05) is 30.3 Å². The molecule has 1 aliphatic heterocycles. The molecule has 1 aromatic rings. The number of hydrogen-bond donors (Lipinski definition) is 1. The van der Waals surface area contributed by atoms with Crippen LogP contribution in [0, 0.1) is 0 Å². The number of nitrogens with zero attached hydrogens (tertiary/aromatic N) is 1. The molecule has 0 radical (unpaired) electrons. The van der Waals surface area contributed by atoms with Gasteiger partial charge in [0.2, 0.25) is 5.91 Å². The van der Waals surface area contributed by atoms with Crippen molar-refractivity contribution in [3.63, 3.8) is 0 Å². The van der Waals surface area contributed by atoms with Gasteiger partial charge in [-0.2, -0.15) is 0 Å². The van der Waals surface area contributed by atoms with Gasteiger partial charge in [-0.05, 0) is 12.0 Å². The van der Waals surface area contributed by atoms with E-state index >= 15 is 0 Å². The predicted octanol–water partition coefficient (Wildman–Crippen LogP) is 0.883. The summed E-state index contributed by atoms with van der Waals surface area (Å²) in [4.78, 5) is 23.9. The Morgan fingerprint density at radius 2 is 2.06 bits per heavy atom. The molecule has 2 amide bonds. The quantitative estimate of drug-likeness (QED) is 0.843. The summed E-state index contributed by atoms with van der Waals surface area (Å²) in [5, 5.41) is 0. The molecule has 1 heterocycles. The van der Waals surface area contributed by atoms with Crippen LogP contribution < -0.4 is 5.73 Å². The van der Waals surface area contributed by atoms with Gasteiger partial charge in [0.1, 0.15) is 12.6 Å². The van der Waals surface area contributed by atoms with Crippen molar-refractivity contribution in [1.82, 2.24) is 4.90 Å². The molecule has 1 atom stereocenters. The van der Waals surface area contributed by atoms with Crippen LogP contribution in [-0.2, 0) is 16.1 Å². The minimum atomic E-state index is -0.502. The highest BCUT2D eigenvalue weighted by molar-refractivity contribution is 5.85. The standard InChI is InChI=1S/C12H14N2O3/c13-11(15)10-6-7-14(10)12(16)17-8-9-4-2-1-3-5-9/h1-5,10H,6-8H2,(H2,13,15). The third-order valence-corrected chi connectivity index (χ3v) is 2.79. The average molecular weight is 234 g/mol. The SMILES string of the molecule is NC(=O)C1CCN1C(=O)OCc1ccccc1. The van der Waals surface area contributed by atoms with Gasteiger partial charge >= 0.3 is 6.09 Å². The normalized spacial score (nSPS) is 18.4. The Bertz CT molecular complexity index is 419. The third kappa shape index (κ3) is 2.55. The highest BCUT2D eigenvalue weighted by atomic mass is 16.6. The molecular weight excluding hydrogens is 220 g/mol. The number of ether oxygens (including phenoxy) is 1. The highest BCUT2D eigenvalue weighted by Crippen LogP contribution is 2.18. The molecule has 2 N–H and O–H groups in total. The van der Waals surface area contributed by atoms with Gasteiger partial charge in [0, 0.05) is 6.54 Å². The monoisotopic (exact) mass is 234 g/mol. The van der Waals surface area contributed by atoms with E-state index in [0.29, 0.717) is 13.0 Å². The minimum Gasteiger partial charge on any atom is -0.445 e. The van der Waals surface area contributed by atoms with Crippen molar-refractivity contribution in [2.75, 3.05) is 6.54 Å². The maximum Gasteiger partial charge on any atom is 0.410 e. The smallest absolute Gasteiger partial charge is 0.410 e. The maximum atomic E-state index is 11.6. The summed E-state index contributed by atoms with van der Waals surface area (Å²) >= 11 is 0. The average Bonchev–Trinajstić information content (AvgIpc) is 2.25. The fraction of sp³-hybridized carbons (Fsp3) is 0.333. The second kappa shape index (κ2) is 4.86. The summed E-state index contributed by atoms with van der Waals surface area (Å²) in [5.74, 6) is -0.479. The second-order valence-electron chi connectivity index (χ2n) is 3.94. The lowest BCUT2D eigenvalue weighted by molar-refractivity contribution is -0.126. The molecule has 1 fully saturated rings. The Labute approximate surface area is 99.2 Å². The van der Waals surface area contributed by atoms with E-state index in [1.165, 1.54) is 4.90 Å². The number of hydrogen-bond acceptors (Lipinski definition) is 3. The number of likely N-dealkylation sites (tertiary alicyclic amines) is 1. The fourth-order valence-electron chi connectivity index (χ4n) is 1.70. The molecule has 0 spiro atoms. The van der Waals surface area contributed by atoms with E-state index in [1.54, 1.807) is 0 Å². The lowest BCUT2D eigenvalue weighted by atomic mass is 10.0. The van der Waals surface area contributed by atoms with Crippen LogP contribution in [0.3, 0.4) is 0 Å². The van der Waals surface area contributed by atoms with Gasteiger partial charge in [-0.15, -0.1) is 0 Å². The molecule has 5 nitrogen and oxygen atoms in total. The van der Waals surface area contributed by atoms with E-state index in [4.69, 9.17) is 10.5 Å². The van der Waals surface area contributed by atoms with Gasteiger partial charge in [0.25, 0.3) is 0 Å². The number of carbonyl (C=O) groups excluding carboxylic acids is 2. The summed E-state index contributed by atoms with van der Waals surface area (Å²) in [6, 6.07) is 8.88. The highest BCUT2D eigenvalue weighted by Gasteiger charge is 2.37. The lowest BCUT2D eigenvalue weighted by Crippen LogP contribution is -2.57. The molecule has 1 unspecified atom stereocenters. The maximum absolute atomic E-state index is 11.6. The summed E-state index contributed by atoms with van der Waals surface area (Å²) in [6.07, 6.45) is 0.138. The van der Waals surface area contributed by atoms with E-state index in [-0.39, 0.29) is 6.61 Å². The van der Waals surface area contributed by atoms with Gasteiger partial charge in [0.05, 0.1) is 0 Å². The molecule has 1 aliphatic rings. The molecular formula is C12H14N2O3. The van der Waals surface area contributed by atoms with Crippen LogP contribution >= 0.6 is 0 Å². The van der Waals surface area contributed by atoms with Crippen molar-refractivity contribution in [2.45, 2.75) is 19.1 Å². The first-order valence-corrected chi connectivity index (χ1v) is 5.45. The van der Waals surface area contributed by atoms with Crippen molar-refractivity contribution in [3.8, 4) is 0 Å². The van der Waals surface area contributed by atoms with Crippen LogP contribution in [0.25, 0.3) is 0 Å². The molecule has 90 valence electrons. The number of rotatable bonds is 3. The van der Waals surface area contributed by atoms with E-state index in [9.17, 15) is 9.59 Å². The molecule has 2 rings (SSSR count). The van der Waals surface area contributed by atoms with Gasteiger partial charge < -0.3 is 10.5 Å². The second-order valence-corrected chi connectivity index (χ2v) is 3.94. The molecule has 0 bridgehead atoms. The van der Waals surface area contributed by atoms with E-state index in [1.807, 2.05) is 30.3 Å². The number of carbonyl (C=O) groups is 2. The molecule has 1 saturated heterocycles. The topological polar surface area (TPSA) is 72.6 Å². The molecule has 0 saturated carbocycles. The predicted molar refractivity (Wildman–Crippen MR) is 60.9 cm³/mol. The van der Waals surface area contributed by atoms with Crippen molar-refractivity contribution < 1.29 is 14.3 Å². The van der Waals surface area contributed by atoms with Crippen molar-refractivity contribution >= 4 is 12.0 Å². The minimum absolute atomic E-state index is 0.210. The van der Waals surface area contributed by atoms with Crippen LogP contribution in [0.4, 0.5) is 4.79 Å². The van der Waals surface area contributed by atoms with Gasteiger partial charge in [-0.25, -0.2) is 4.79 Å². The van der Waals surface area contributed by atoms with Crippen LogP contribution in [0.2, 0.25) is 0 Å². The zero-order valence-corrected chi connectivity index (χ0v) is 9.33. The van der Waals surface area contributed by atoms with Crippen molar-refractivity contribution in [2.24, 2.45) is 5.73 Å². The Morgan fingerprint density at radius 1 is 1.35 bits per heavy atom. The van der Waals surface area contributed by atoms with Crippen molar-refractivity contribution in [1.29, 1.82) is 0 Å². The van der Waals surface area contributed by atoms with Gasteiger partial charge in [-0.3, -0.25) is 9.69 Å². The Kier molecular flexibility index (Phi) is 3.27. The fourth-order valence-corrected chi connectivity index (χ4v) is 1.70. The van der Waals surface area contributed by atoms with Crippen LogP contribution in [-0.4, -0.2) is 29.5 Å². The Hall–Kier alpha value is -2.04. The number of primary amides is 1. The van der Waals surface area contributed by atoms with Crippen molar-refractivity contribution in [3.05, 3.63) is 35.9 Å². The van der Waals surface area contributed by atoms with Crippen LogP contribution in [0.15, 0.2) is 30.3 Å². The summed E-state index contributed by atoms with van der Waals surface area (Å²) in [6.45, 7) is 0.739. The first-order valence-electron chi connectivity index (χ1n) is 5.45. The third-order valence-electron chi connectivity index (χ3n) is 2.79. The molecule has 0 aromatic heterocycles. The summed E-state index contributed by atoms with van der Waals surface area (Å²) in [5.41, 5.74) is 6.06. The molecule has 0 aliphatic carbocycles. The molecule has 17 heavy (non-hydrogen) atoms. The first kappa shape index (κ1) is 11.4. The van der Waals surface area contributed by atoms with Crippen LogP contribution in [0.1, 0.15) is 12.0 Å². The number of amides is 2. The zero-order valence-electron chi connectivity index (χ0n) is 9.33. The first-order chi connectivity index (χ1) is 8.18. The zero-order chi connectivity index (χ0) is 12.3. The lowest BCUT2D eigenvalue weighted by Gasteiger charge is -2.37. The van der Waals surface area contributed by atoms with Gasteiger partial charge in [0.15, 0.2) is 0 Å². The van der Waals surface area contributed by atoms with E-state index in [2.05, 4.69) is 0 Å². The van der Waals surface area contributed by atoms with E-state index < -0.39 is 18.0 Å². The Balaban J connectivity index is 1.84. The van der Waals surface area contributed by atoms with Crippen LogP contribution in [0.5, 0.6) is 0 Å². The molecule has 5 heteroatoms. The molecule has 1 aromatic carbocycles. The number of nitrogens with two attached hydrogens (primary N) is 1. The summed E-state index contributed by atoms with van der Waals surface area (Å²) < 4.78 is 5.09.